The molecule has 1 rings (SSSR count). The highest BCUT2D eigenvalue weighted by Crippen LogP contribution is 2.05. The SMILES string of the molecule is CCOC(=O)C(Cc1ccccc1)NS(C)(=O)=O. The van der Waals surface area contributed by atoms with E-state index in [1.807, 2.05) is 30.3 Å². The lowest BCUT2D eigenvalue weighted by molar-refractivity contribution is -0.145. The van der Waals surface area contributed by atoms with Crippen LogP contribution in [0.25, 0.3) is 0 Å². The number of carbonyl (C=O) groups is 1. The lowest BCUT2D eigenvalue weighted by Gasteiger charge is -2.15. The van der Waals surface area contributed by atoms with Crippen LogP contribution in [-0.4, -0.2) is 33.3 Å². The van der Waals surface area contributed by atoms with Crippen molar-refractivity contribution in [2.45, 2.75) is 19.4 Å². The van der Waals surface area contributed by atoms with E-state index >= 15 is 0 Å². The van der Waals surface area contributed by atoms with Crippen LogP contribution in [0.15, 0.2) is 30.3 Å². The maximum Gasteiger partial charge on any atom is 0.324 e. The minimum absolute atomic E-state index is 0.218. The van der Waals surface area contributed by atoms with Gasteiger partial charge in [0.1, 0.15) is 6.04 Å². The third-order valence-electron chi connectivity index (χ3n) is 2.21. The summed E-state index contributed by atoms with van der Waals surface area (Å²) < 4.78 is 29.6. The maximum atomic E-state index is 11.7. The summed E-state index contributed by atoms with van der Waals surface area (Å²) in [5.74, 6) is -0.563. The first-order valence-corrected chi connectivity index (χ1v) is 7.49. The quantitative estimate of drug-likeness (QED) is 0.773. The van der Waals surface area contributed by atoms with Crippen LogP contribution in [0.2, 0.25) is 0 Å². The molecule has 1 N–H and O–H groups in total. The molecule has 0 radical (unpaired) electrons. The van der Waals surface area contributed by atoms with E-state index in [1.165, 1.54) is 0 Å². The van der Waals surface area contributed by atoms with E-state index in [1.54, 1.807) is 6.92 Å². The van der Waals surface area contributed by atoms with E-state index in [0.29, 0.717) is 0 Å². The van der Waals surface area contributed by atoms with Gasteiger partial charge >= 0.3 is 5.97 Å². The summed E-state index contributed by atoms with van der Waals surface area (Å²) in [7, 11) is -3.46. The smallest absolute Gasteiger partial charge is 0.324 e. The van der Waals surface area contributed by atoms with Crippen LogP contribution in [0.4, 0.5) is 0 Å². The molecule has 0 aromatic heterocycles. The first kappa shape index (κ1) is 14.7. The molecule has 100 valence electrons. The number of rotatable bonds is 6. The van der Waals surface area contributed by atoms with Gasteiger partial charge in [-0.1, -0.05) is 30.3 Å². The van der Waals surface area contributed by atoms with Crippen LogP contribution in [0.3, 0.4) is 0 Å². The zero-order valence-electron chi connectivity index (χ0n) is 10.4. The van der Waals surface area contributed by atoms with Gasteiger partial charge in [0.2, 0.25) is 10.0 Å². The van der Waals surface area contributed by atoms with Crippen LogP contribution in [-0.2, 0) is 26.0 Å². The Bertz CT molecular complexity index is 484. The van der Waals surface area contributed by atoms with Crippen LogP contribution in [0, 0.1) is 0 Å². The summed E-state index contributed by atoms with van der Waals surface area (Å²) in [5, 5.41) is 0. The largest absolute Gasteiger partial charge is 0.465 e. The first-order chi connectivity index (χ1) is 8.42. The minimum atomic E-state index is -3.46. The first-order valence-electron chi connectivity index (χ1n) is 5.60. The van der Waals surface area contributed by atoms with E-state index in [0.717, 1.165) is 11.8 Å². The molecule has 0 saturated heterocycles. The molecule has 0 aliphatic carbocycles. The van der Waals surface area contributed by atoms with Gasteiger partial charge in [0.25, 0.3) is 0 Å². The zero-order valence-corrected chi connectivity index (χ0v) is 11.2. The van der Waals surface area contributed by atoms with Crippen molar-refractivity contribution in [3.63, 3.8) is 0 Å². The van der Waals surface area contributed by atoms with Crippen LogP contribution >= 0.6 is 0 Å². The molecular weight excluding hydrogens is 254 g/mol. The molecule has 0 heterocycles. The maximum absolute atomic E-state index is 11.7. The molecule has 0 amide bonds. The average molecular weight is 271 g/mol. The van der Waals surface area contributed by atoms with Crippen molar-refractivity contribution in [3.05, 3.63) is 35.9 Å². The Kier molecular flexibility index (Phi) is 5.30. The fourth-order valence-electron chi connectivity index (χ4n) is 1.52. The summed E-state index contributed by atoms with van der Waals surface area (Å²) in [5.41, 5.74) is 0.867. The zero-order chi connectivity index (χ0) is 13.6. The van der Waals surface area contributed by atoms with E-state index in [4.69, 9.17) is 4.74 Å². The van der Waals surface area contributed by atoms with Gasteiger partial charge in [0.05, 0.1) is 12.9 Å². The number of hydrogen-bond donors (Lipinski definition) is 1. The van der Waals surface area contributed by atoms with Crippen LogP contribution in [0.1, 0.15) is 12.5 Å². The van der Waals surface area contributed by atoms with Gasteiger partial charge in [0.15, 0.2) is 0 Å². The third-order valence-corrected chi connectivity index (χ3v) is 2.92. The number of sulfonamides is 1. The molecule has 0 fully saturated rings. The summed E-state index contributed by atoms with van der Waals surface area (Å²) in [4.78, 5) is 11.7. The van der Waals surface area contributed by atoms with Crippen molar-refractivity contribution >= 4 is 16.0 Å². The summed E-state index contributed by atoms with van der Waals surface area (Å²) in [6, 6.07) is 8.29. The molecule has 0 aliphatic heterocycles. The van der Waals surface area contributed by atoms with Gasteiger partial charge in [-0.2, -0.15) is 0 Å². The molecule has 1 aromatic rings. The Labute approximate surface area is 107 Å². The summed E-state index contributed by atoms with van der Waals surface area (Å²) >= 11 is 0. The fraction of sp³-hybridized carbons (Fsp3) is 0.417. The molecule has 0 saturated carbocycles. The molecule has 6 heteroatoms. The van der Waals surface area contributed by atoms with E-state index < -0.39 is 22.0 Å². The normalized spacial score (nSPS) is 13.0. The van der Waals surface area contributed by atoms with Gasteiger partial charge in [-0.3, -0.25) is 4.79 Å². The predicted molar refractivity (Wildman–Crippen MR) is 68.5 cm³/mol. The molecule has 0 bridgehead atoms. The van der Waals surface area contributed by atoms with Crippen LogP contribution < -0.4 is 4.72 Å². The number of nitrogens with one attached hydrogen (secondary N) is 1. The van der Waals surface area contributed by atoms with Crippen molar-refractivity contribution in [2.75, 3.05) is 12.9 Å². The predicted octanol–water partition coefficient (Wildman–Crippen LogP) is 0.710. The van der Waals surface area contributed by atoms with Gasteiger partial charge in [-0.05, 0) is 18.9 Å². The van der Waals surface area contributed by atoms with Gasteiger partial charge in [0, 0.05) is 0 Å². The number of benzene rings is 1. The van der Waals surface area contributed by atoms with Gasteiger partial charge in [-0.15, -0.1) is 0 Å². The number of ether oxygens (including phenoxy) is 1. The fourth-order valence-corrected chi connectivity index (χ4v) is 2.22. The summed E-state index contributed by atoms with van der Waals surface area (Å²) in [6.07, 6.45) is 1.29. The lowest BCUT2D eigenvalue weighted by Crippen LogP contribution is -2.42. The Morgan fingerprint density at radius 1 is 1.33 bits per heavy atom. The average Bonchev–Trinajstić information content (AvgIpc) is 2.28. The minimum Gasteiger partial charge on any atom is -0.465 e. The van der Waals surface area contributed by atoms with Crippen LogP contribution in [0.5, 0.6) is 0 Å². The molecular formula is C12H17NO4S. The topological polar surface area (TPSA) is 72.5 Å². The number of carbonyl (C=O) groups excluding carboxylic acids is 1. The molecule has 1 unspecified atom stereocenters. The summed E-state index contributed by atoms with van der Waals surface area (Å²) in [6.45, 7) is 1.90. The van der Waals surface area contributed by atoms with E-state index in [-0.39, 0.29) is 13.0 Å². The molecule has 0 spiro atoms. The van der Waals surface area contributed by atoms with E-state index in [2.05, 4.69) is 4.72 Å². The highest BCUT2D eigenvalue weighted by molar-refractivity contribution is 7.88. The number of hydrogen-bond acceptors (Lipinski definition) is 4. The second-order valence-electron chi connectivity index (χ2n) is 3.88. The van der Waals surface area contributed by atoms with Crippen molar-refractivity contribution in [1.29, 1.82) is 0 Å². The lowest BCUT2D eigenvalue weighted by atomic mass is 10.1. The second-order valence-corrected chi connectivity index (χ2v) is 5.66. The van der Waals surface area contributed by atoms with Crippen molar-refractivity contribution in [3.8, 4) is 0 Å². The Morgan fingerprint density at radius 2 is 1.94 bits per heavy atom. The van der Waals surface area contributed by atoms with Crippen molar-refractivity contribution in [2.24, 2.45) is 0 Å². The van der Waals surface area contributed by atoms with Crippen molar-refractivity contribution < 1.29 is 17.9 Å². The Morgan fingerprint density at radius 3 is 2.44 bits per heavy atom. The monoisotopic (exact) mass is 271 g/mol. The molecule has 18 heavy (non-hydrogen) atoms. The van der Waals surface area contributed by atoms with Crippen molar-refractivity contribution in [1.82, 2.24) is 4.72 Å². The molecule has 0 aliphatic rings. The molecule has 1 atom stereocenters. The Hall–Kier alpha value is -1.40. The third kappa shape index (κ3) is 5.29. The van der Waals surface area contributed by atoms with E-state index in [9.17, 15) is 13.2 Å². The second kappa shape index (κ2) is 6.51. The number of esters is 1. The molecule has 1 aromatic carbocycles. The standard InChI is InChI=1S/C12H17NO4S/c1-3-17-12(14)11(13-18(2,15)16)9-10-7-5-4-6-8-10/h4-8,11,13H,3,9H2,1-2H3. The molecule has 5 nitrogen and oxygen atoms in total. The van der Waals surface area contributed by atoms with Gasteiger partial charge in [-0.25, -0.2) is 13.1 Å². The highest BCUT2D eigenvalue weighted by Gasteiger charge is 2.23. The Balaban J connectivity index is 2.81. The van der Waals surface area contributed by atoms with Gasteiger partial charge < -0.3 is 4.74 Å². The highest BCUT2D eigenvalue weighted by atomic mass is 32.2.